The average molecular weight is 412 g/mol. The molecule has 1 aromatic heterocycles. The molecule has 0 bridgehead atoms. The van der Waals surface area contributed by atoms with E-state index in [4.69, 9.17) is 4.74 Å². The standard InChI is InChI=1S/C17H17FN2O5S2/c18-14-3-1-2-4-15(14)27(23,24)20-8-6-19(7-9-20)16(21)11-25-17(22)13-5-10-26-12-13/h1-5,10,12H,6-9,11H2. The van der Waals surface area contributed by atoms with Crippen molar-refractivity contribution in [1.82, 2.24) is 9.21 Å². The predicted octanol–water partition coefficient (Wildman–Crippen LogP) is 1.58. The van der Waals surface area contributed by atoms with Gasteiger partial charge in [0.15, 0.2) is 6.61 Å². The van der Waals surface area contributed by atoms with Crippen molar-refractivity contribution in [3.8, 4) is 0 Å². The number of carbonyl (C=O) groups excluding carboxylic acids is 2. The maximum Gasteiger partial charge on any atom is 0.339 e. The fourth-order valence-corrected chi connectivity index (χ4v) is 4.77. The van der Waals surface area contributed by atoms with Gasteiger partial charge in [0.05, 0.1) is 5.56 Å². The van der Waals surface area contributed by atoms with Gasteiger partial charge in [-0.2, -0.15) is 15.6 Å². The molecule has 1 amide bonds. The summed E-state index contributed by atoms with van der Waals surface area (Å²) in [6, 6.07) is 6.78. The number of thiophene rings is 1. The Labute approximate surface area is 160 Å². The highest BCUT2D eigenvalue weighted by Crippen LogP contribution is 2.20. The minimum Gasteiger partial charge on any atom is -0.452 e. The Morgan fingerprint density at radius 1 is 1.11 bits per heavy atom. The molecular weight excluding hydrogens is 395 g/mol. The summed E-state index contributed by atoms with van der Waals surface area (Å²) >= 11 is 1.35. The molecule has 0 spiro atoms. The van der Waals surface area contributed by atoms with Gasteiger partial charge in [0, 0.05) is 31.6 Å². The van der Waals surface area contributed by atoms with Crippen LogP contribution in [0.2, 0.25) is 0 Å². The van der Waals surface area contributed by atoms with E-state index in [2.05, 4.69) is 0 Å². The van der Waals surface area contributed by atoms with Gasteiger partial charge in [-0.1, -0.05) is 12.1 Å². The van der Waals surface area contributed by atoms with Gasteiger partial charge in [-0.05, 0) is 23.6 Å². The molecule has 0 aliphatic carbocycles. The summed E-state index contributed by atoms with van der Waals surface area (Å²) in [4.78, 5) is 25.0. The second kappa shape index (κ2) is 8.15. The number of benzene rings is 1. The molecule has 2 aromatic rings. The van der Waals surface area contributed by atoms with Crippen molar-refractivity contribution >= 4 is 33.2 Å². The first-order chi connectivity index (χ1) is 12.9. The second-order valence-corrected chi connectivity index (χ2v) is 8.49. The summed E-state index contributed by atoms with van der Waals surface area (Å²) in [5.74, 6) is -1.79. The van der Waals surface area contributed by atoms with Crippen LogP contribution in [0.1, 0.15) is 10.4 Å². The number of carbonyl (C=O) groups is 2. The van der Waals surface area contributed by atoms with Crippen LogP contribution in [0.3, 0.4) is 0 Å². The van der Waals surface area contributed by atoms with E-state index in [0.29, 0.717) is 5.56 Å². The number of esters is 1. The monoisotopic (exact) mass is 412 g/mol. The van der Waals surface area contributed by atoms with Crippen LogP contribution >= 0.6 is 11.3 Å². The van der Waals surface area contributed by atoms with Crippen molar-refractivity contribution in [3.05, 3.63) is 52.5 Å². The van der Waals surface area contributed by atoms with E-state index in [0.717, 1.165) is 10.4 Å². The fourth-order valence-electron chi connectivity index (χ4n) is 2.65. The van der Waals surface area contributed by atoms with Crippen molar-refractivity contribution in [3.63, 3.8) is 0 Å². The molecular formula is C17H17FN2O5S2. The molecule has 1 aliphatic rings. The Bertz CT molecular complexity index is 923. The van der Waals surface area contributed by atoms with Crippen LogP contribution in [0.25, 0.3) is 0 Å². The van der Waals surface area contributed by atoms with Crippen molar-refractivity contribution in [2.24, 2.45) is 0 Å². The lowest BCUT2D eigenvalue weighted by Crippen LogP contribution is -2.51. The third kappa shape index (κ3) is 4.34. The molecule has 2 heterocycles. The number of ether oxygens (including phenoxy) is 1. The third-order valence-corrected chi connectivity index (χ3v) is 6.74. The van der Waals surface area contributed by atoms with Gasteiger partial charge < -0.3 is 9.64 Å². The topological polar surface area (TPSA) is 84.0 Å². The van der Waals surface area contributed by atoms with Crippen LogP contribution in [0.15, 0.2) is 46.0 Å². The second-order valence-electron chi connectivity index (χ2n) is 5.80. The van der Waals surface area contributed by atoms with Crippen molar-refractivity contribution in [2.45, 2.75) is 4.90 Å². The maximum atomic E-state index is 13.8. The normalized spacial score (nSPS) is 15.5. The van der Waals surface area contributed by atoms with Crippen LogP contribution in [0.5, 0.6) is 0 Å². The van der Waals surface area contributed by atoms with E-state index in [-0.39, 0.29) is 31.1 Å². The molecule has 3 rings (SSSR count). The number of nitrogens with zero attached hydrogens (tertiary/aromatic N) is 2. The van der Waals surface area contributed by atoms with E-state index >= 15 is 0 Å². The Morgan fingerprint density at radius 2 is 1.81 bits per heavy atom. The molecule has 0 N–H and O–H groups in total. The molecule has 7 nitrogen and oxygen atoms in total. The number of hydrogen-bond donors (Lipinski definition) is 0. The number of rotatable bonds is 5. The van der Waals surface area contributed by atoms with E-state index in [9.17, 15) is 22.4 Å². The first-order valence-corrected chi connectivity index (χ1v) is 10.5. The van der Waals surface area contributed by atoms with Crippen molar-refractivity contribution < 1.29 is 27.1 Å². The number of amides is 1. The van der Waals surface area contributed by atoms with Gasteiger partial charge in [0.1, 0.15) is 10.7 Å². The Morgan fingerprint density at radius 3 is 2.44 bits per heavy atom. The van der Waals surface area contributed by atoms with Gasteiger partial charge in [-0.15, -0.1) is 0 Å². The van der Waals surface area contributed by atoms with E-state index in [1.54, 1.807) is 16.8 Å². The van der Waals surface area contributed by atoms with Gasteiger partial charge in [0.25, 0.3) is 5.91 Å². The first kappa shape index (κ1) is 19.5. The fraction of sp³-hybridized carbons (Fsp3) is 0.294. The molecule has 1 aromatic carbocycles. The van der Waals surface area contributed by atoms with Crippen molar-refractivity contribution in [2.75, 3.05) is 32.8 Å². The molecule has 1 saturated heterocycles. The van der Waals surface area contributed by atoms with E-state index in [1.807, 2.05) is 0 Å². The van der Waals surface area contributed by atoms with Crippen LogP contribution < -0.4 is 0 Å². The Hall–Kier alpha value is -2.30. The third-order valence-electron chi connectivity index (χ3n) is 4.13. The van der Waals surface area contributed by atoms with E-state index < -0.39 is 34.3 Å². The highest BCUT2D eigenvalue weighted by Gasteiger charge is 2.31. The summed E-state index contributed by atoms with van der Waals surface area (Å²) in [6.45, 7) is -0.0401. The van der Waals surface area contributed by atoms with Gasteiger partial charge >= 0.3 is 5.97 Å². The lowest BCUT2D eigenvalue weighted by Gasteiger charge is -2.33. The largest absolute Gasteiger partial charge is 0.452 e. The number of hydrogen-bond acceptors (Lipinski definition) is 6. The first-order valence-electron chi connectivity index (χ1n) is 8.11. The van der Waals surface area contributed by atoms with Crippen LogP contribution in [-0.4, -0.2) is 62.3 Å². The van der Waals surface area contributed by atoms with Crippen LogP contribution in [0.4, 0.5) is 4.39 Å². The maximum absolute atomic E-state index is 13.8. The molecule has 0 radical (unpaired) electrons. The highest BCUT2D eigenvalue weighted by atomic mass is 32.2. The number of sulfonamides is 1. The number of piperazine rings is 1. The summed E-state index contributed by atoms with van der Waals surface area (Å²) in [6.07, 6.45) is 0. The quantitative estimate of drug-likeness (QED) is 0.697. The average Bonchev–Trinajstić information content (AvgIpc) is 3.21. The predicted molar refractivity (Wildman–Crippen MR) is 96.3 cm³/mol. The van der Waals surface area contributed by atoms with Crippen molar-refractivity contribution in [1.29, 1.82) is 0 Å². The van der Waals surface area contributed by atoms with Gasteiger partial charge in [-0.3, -0.25) is 4.79 Å². The molecule has 10 heteroatoms. The van der Waals surface area contributed by atoms with Crippen LogP contribution in [0, 0.1) is 5.82 Å². The van der Waals surface area contributed by atoms with Gasteiger partial charge in [0.2, 0.25) is 10.0 Å². The molecule has 0 saturated carbocycles. The zero-order valence-corrected chi connectivity index (χ0v) is 15.8. The smallest absolute Gasteiger partial charge is 0.339 e. The molecule has 0 atom stereocenters. The summed E-state index contributed by atoms with van der Waals surface area (Å²) < 4.78 is 45.0. The summed E-state index contributed by atoms with van der Waals surface area (Å²) in [5, 5.41) is 3.35. The minimum absolute atomic E-state index is 0.0425. The zero-order chi connectivity index (χ0) is 19.4. The zero-order valence-electron chi connectivity index (χ0n) is 14.2. The lowest BCUT2D eigenvalue weighted by molar-refractivity contribution is -0.135. The Balaban J connectivity index is 1.55. The van der Waals surface area contributed by atoms with Crippen LogP contribution in [-0.2, 0) is 19.6 Å². The molecule has 144 valence electrons. The Kier molecular flexibility index (Phi) is 5.88. The molecule has 1 fully saturated rings. The minimum atomic E-state index is -3.96. The lowest BCUT2D eigenvalue weighted by atomic mass is 10.3. The summed E-state index contributed by atoms with van der Waals surface area (Å²) in [5.41, 5.74) is 0.383. The molecule has 27 heavy (non-hydrogen) atoms. The molecule has 1 aliphatic heterocycles. The SMILES string of the molecule is O=C(OCC(=O)N1CCN(S(=O)(=O)c2ccccc2F)CC1)c1ccsc1. The number of halogens is 1. The summed E-state index contributed by atoms with van der Waals surface area (Å²) in [7, 11) is -3.96. The van der Waals surface area contributed by atoms with Gasteiger partial charge in [-0.25, -0.2) is 17.6 Å². The van der Waals surface area contributed by atoms with E-state index in [1.165, 1.54) is 34.4 Å². The molecule has 0 unspecified atom stereocenters. The highest BCUT2D eigenvalue weighted by molar-refractivity contribution is 7.89.